The highest BCUT2D eigenvalue weighted by Crippen LogP contribution is 2.35. The maximum absolute atomic E-state index is 13.0. The third kappa shape index (κ3) is 2.29. The summed E-state index contributed by atoms with van der Waals surface area (Å²) in [7, 11) is 0. The number of nitrogens with zero attached hydrogens (tertiary/aromatic N) is 1. The number of hydrogen-bond acceptors (Lipinski definition) is 1. The van der Waals surface area contributed by atoms with Crippen molar-refractivity contribution in [3.63, 3.8) is 0 Å². The molecule has 0 unspecified atom stereocenters. The minimum atomic E-state index is -4.46. The number of primary amides is 1. The molecule has 2 aromatic rings. The Morgan fingerprint density at radius 3 is 2.30 bits per heavy atom. The number of aryl methyl sites for hydroxylation is 1. The van der Waals surface area contributed by atoms with Crippen molar-refractivity contribution in [2.24, 2.45) is 5.73 Å². The number of benzene rings is 1. The van der Waals surface area contributed by atoms with Crippen LogP contribution in [0.25, 0.3) is 5.69 Å². The van der Waals surface area contributed by atoms with E-state index >= 15 is 0 Å². The summed E-state index contributed by atoms with van der Waals surface area (Å²) in [6.45, 7) is 3.21. The van der Waals surface area contributed by atoms with E-state index in [-0.39, 0.29) is 11.3 Å². The molecule has 1 heterocycles. The molecular formula is C14H13F3N2O. The lowest BCUT2D eigenvalue weighted by molar-refractivity contribution is -0.137. The van der Waals surface area contributed by atoms with Gasteiger partial charge in [-0.1, -0.05) is 12.1 Å². The molecule has 0 aliphatic rings. The first kappa shape index (κ1) is 14.2. The van der Waals surface area contributed by atoms with Crippen LogP contribution in [0.1, 0.15) is 27.2 Å². The first-order valence-electron chi connectivity index (χ1n) is 5.88. The fourth-order valence-corrected chi connectivity index (χ4v) is 2.31. The van der Waals surface area contributed by atoms with Gasteiger partial charge in [-0.05, 0) is 31.5 Å². The van der Waals surface area contributed by atoms with Gasteiger partial charge < -0.3 is 10.3 Å². The summed E-state index contributed by atoms with van der Waals surface area (Å²) in [6.07, 6.45) is -2.98. The number of para-hydroxylation sites is 1. The Hall–Kier alpha value is -2.24. The molecule has 0 radical (unpaired) electrons. The van der Waals surface area contributed by atoms with E-state index in [1.807, 2.05) is 0 Å². The molecule has 0 aliphatic heterocycles. The highest BCUT2D eigenvalue weighted by Gasteiger charge is 2.34. The summed E-state index contributed by atoms with van der Waals surface area (Å²) in [5, 5.41) is 0. The van der Waals surface area contributed by atoms with E-state index in [1.54, 1.807) is 13.8 Å². The lowest BCUT2D eigenvalue weighted by Crippen LogP contribution is -2.14. The Bertz CT molecular complexity index is 672. The van der Waals surface area contributed by atoms with E-state index in [1.165, 1.54) is 29.0 Å². The highest BCUT2D eigenvalue weighted by molar-refractivity contribution is 5.95. The fraction of sp³-hybridized carbons (Fsp3) is 0.214. The molecular weight excluding hydrogens is 269 g/mol. The number of halogens is 3. The number of carbonyl (C=O) groups is 1. The molecule has 106 valence electrons. The van der Waals surface area contributed by atoms with Crippen LogP contribution in [-0.4, -0.2) is 10.5 Å². The van der Waals surface area contributed by atoms with Crippen molar-refractivity contribution >= 4 is 5.91 Å². The minimum absolute atomic E-state index is 0.0203. The van der Waals surface area contributed by atoms with E-state index in [4.69, 9.17) is 5.73 Å². The molecule has 6 heteroatoms. The van der Waals surface area contributed by atoms with Crippen LogP contribution >= 0.6 is 0 Å². The molecule has 0 bridgehead atoms. The zero-order chi connectivity index (χ0) is 15.1. The molecule has 0 fully saturated rings. The Balaban J connectivity index is 2.71. The van der Waals surface area contributed by atoms with Gasteiger partial charge in [-0.15, -0.1) is 0 Å². The van der Waals surface area contributed by atoms with Gasteiger partial charge in [-0.25, -0.2) is 0 Å². The summed E-state index contributed by atoms with van der Waals surface area (Å²) in [5.41, 5.74) is 5.68. The van der Waals surface area contributed by atoms with Crippen molar-refractivity contribution in [1.82, 2.24) is 4.57 Å². The lowest BCUT2D eigenvalue weighted by Gasteiger charge is -2.15. The predicted octanol–water partition coefficient (Wildman–Crippen LogP) is 3.21. The van der Waals surface area contributed by atoms with Gasteiger partial charge >= 0.3 is 6.18 Å². The Labute approximate surface area is 113 Å². The smallest absolute Gasteiger partial charge is 0.366 e. The SMILES string of the molecule is Cc1cn(-c2ccccc2C(F)(F)F)c(C)c1C(N)=O. The Morgan fingerprint density at radius 2 is 1.80 bits per heavy atom. The first-order valence-corrected chi connectivity index (χ1v) is 5.88. The van der Waals surface area contributed by atoms with Crippen LogP contribution in [0.5, 0.6) is 0 Å². The number of carbonyl (C=O) groups excluding carboxylic acids is 1. The van der Waals surface area contributed by atoms with Crippen LogP contribution in [-0.2, 0) is 6.18 Å². The van der Waals surface area contributed by atoms with Gasteiger partial charge in [0.2, 0.25) is 0 Å². The van der Waals surface area contributed by atoms with Gasteiger partial charge in [0.05, 0.1) is 16.8 Å². The second-order valence-electron chi connectivity index (χ2n) is 4.52. The van der Waals surface area contributed by atoms with Crippen LogP contribution in [0.2, 0.25) is 0 Å². The molecule has 20 heavy (non-hydrogen) atoms. The van der Waals surface area contributed by atoms with Crippen molar-refractivity contribution in [2.45, 2.75) is 20.0 Å². The van der Waals surface area contributed by atoms with Crippen molar-refractivity contribution in [1.29, 1.82) is 0 Å². The summed E-state index contributed by atoms with van der Waals surface area (Å²) < 4.78 is 40.4. The van der Waals surface area contributed by atoms with Gasteiger partial charge in [0.15, 0.2) is 0 Å². The summed E-state index contributed by atoms with van der Waals surface area (Å²) >= 11 is 0. The standard InChI is InChI=1S/C14H13F3N2O/c1-8-7-19(9(2)12(8)13(18)20)11-6-4-3-5-10(11)14(15,16)17/h3-7H,1-2H3,(H2,18,20). The number of alkyl halides is 3. The second-order valence-corrected chi connectivity index (χ2v) is 4.52. The zero-order valence-corrected chi connectivity index (χ0v) is 11.0. The van der Waals surface area contributed by atoms with Crippen molar-refractivity contribution < 1.29 is 18.0 Å². The van der Waals surface area contributed by atoms with Crippen molar-refractivity contribution in [2.75, 3.05) is 0 Å². The maximum atomic E-state index is 13.0. The van der Waals surface area contributed by atoms with Gasteiger partial charge in [-0.3, -0.25) is 4.79 Å². The Kier molecular flexibility index (Phi) is 3.33. The first-order chi connectivity index (χ1) is 9.23. The molecule has 1 amide bonds. The van der Waals surface area contributed by atoms with Gasteiger partial charge in [0, 0.05) is 11.9 Å². The van der Waals surface area contributed by atoms with Crippen LogP contribution in [0.4, 0.5) is 13.2 Å². The third-order valence-electron chi connectivity index (χ3n) is 3.16. The quantitative estimate of drug-likeness (QED) is 0.903. The molecule has 0 spiro atoms. The minimum Gasteiger partial charge on any atom is -0.366 e. The molecule has 0 saturated heterocycles. The normalized spacial score (nSPS) is 11.7. The number of hydrogen-bond donors (Lipinski definition) is 1. The lowest BCUT2D eigenvalue weighted by atomic mass is 10.1. The molecule has 2 N–H and O–H groups in total. The fourth-order valence-electron chi connectivity index (χ4n) is 2.31. The zero-order valence-electron chi connectivity index (χ0n) is 11.0. The molecule has 0 atom stereocenters. The molecule has 3 nitrogen and oxygen atoms in total. The van der Waals surface area contributed by atoms with E-state index in [2.05, 4.69) is 0 Å². The number of aromatic nitrogens is 1. The number of rotatable bonds is 2. The molecule has 2 rings (SSSR count). The van der Waals surface area contributed by atoms with Crippen LogP contribution in [0, 0.1) is 13.8 Å². The molecule has 0 saturated carbocycles. The Morgan fingerprint density at radius 1 is 1.20 bits per heavy atom. The van der Waals surface area contributed by atoms with Crippen LogP contribution in [0.3, 0.4) is 0 Å². The summed E-state index contributed by atoms with van der Waals surface area (Å²) in [6, 6.07) is 5.21. The van der Waals surface area contributed by atoms with E-state index < -0.39 is 17.6 Å². The molecule has 1 aromatic heterocycles. The average Bonchev–Trinajstić information content (AvgIpc) is 2.63. The number of nitrogens with two attached hydrogens (primary N) is 1. The van der Waals surface area contributed by atoms with Crippen molar-refractivity contribution in [3.8, 4) is 5.69 Å². The largest absolute Gasteiger partial charge is 0.418 e. The van der Waals surface area contributed by atoms with Crippen LogP contribution < -0.4 is 5.73 Å². The number of amides is 1. The second kappa shape index (κ2) is 4.70. The van der Waals surface area contributed by atoms with Gasteiger partial charge in [0.1, 0.15) is 0 Å². The van der Waals surface area contributed by atoms with E-state index in [0.717, 1.165) is 6.07 Å². The van der Waals surface area contributed by atoms with E-state index in [9.17, 15) is 18.0 Å². The van der Waals surface area contributed by atoms with Crippen molar-refractivity contribution in [3.05, 3.63) is 52.8 Å². The third-order valence-corrected chi connectivity index (χ3v) is 3.16. The van der Waals surface area contributed by atoms with Crippen LogP contribution in [0.15, 0.2) is 30.5 Å². The average molecular weight is 282 g/mol. The molecule has 1 aromatic carbocycles. The summed E-state index contributed by atoms with van der Waals surface area (Å²) in [4.78, 5) is 11.4. The predicted molar refractivity (Wildman–Crippen MR) is 68.8 cm³/mol. The topological polar surface area (TPSA) is 48.0 Å². The maximum Gasteiger partial charge on any atom is 0.418 e. The van der Waals surface area contributed by atoms with Gasteiger partial charge in [0.25, 0.3) is 5.91 Å². The summed E-state index contributed by atoms with van der Waals surface area (Å²) in [5.74, 6) is -0.650. The highest BCUT2D eigenvalue weighted by atomic mass is 19.4. The monoisotopic (exact) mass is 282 g/mol. The molecule has 0 aliphatic carbocycles. The van der Waals surface area contributed by atoms with E-state index in [0.29, 0.717) is 11.3 Å². The van der Waals surface area contributed by atoms with Gasteiger partial charge in [-0.2, -0.15) is 13.2 Å².